The van der Waals surface area contributed by atoms with Crippen LogP contribution in [0.1, 0.15) is 31.2 Å². The van der Waals surface area contributed by atoms with E-state index in [1.165, 1.54) is 37.9 Å². The highest BCUT2D eigenvalue weighted by Gasteiger charge is 2.10. The number of benzene rings is 1. The maximum atomic E-state index is 5.60. The van der Waals surface area contributed by atoms with E-state index in [0.29, 0.717) is 13.2 Å². The zero-order valence-electron chi connectivity index (χ0n) is 11.1. The van der Waals surface area contributed by atoms with Crippen molar-refractivity contribution in [2.24, 2.45) is 5.73 Å². The molecule has 3 nitrogen and oxygen atoms in total. The van der Waals surface area contributed by atoms with Crippen LogP contribution in [0.5, 0.6) is 5.75 Å². The molecular formula is C15H24N2O. The number of piperidine rings is 1. The van der Waals surface area contributed by atoms with E-state index in [0.717, 1.165) is 18.7 Å². The molecule has 0 aromatic heterocycles. The highest BCUT2D eigenvalue weighted by atomic mass is 16.5. The molecule has 2 N–H and O–H groups in total. The zero-order chi connectivity index (χ0) is 12.6. The molecule has 0 atom stereocenters. The number of rotatable bonds is 6. The van der Waals surface area contributed by atoms with E-state index in [1.807, 2.05) is 0 Å². The SMILES string of the molecule is NCCCOc1ccc(CN2CCCCC2)cc1. The summed E-state index contributed by atoms with van der Waals surface area (Å²) in [6.07, 6.45) is 5.00. The van der Waals surface area contributed by atoms with Crippen LogP contribution in [0.3, 0.4) is 0 Å². The molecule has 1 fully saturated rings. The molecule has 1 saturated heterocycles. The molecule has 2 rings (SSSR count). The van der Waals surface area contributed by atoms with Crippen LogP contribution in [0.15, 0.2) is 24.3 Å². The van der Waals surface area contributed by atoms with Gasteiger partial charge in [0.05, 0.1) is 6.61 Å². The normalized spacial score (nSPS) is 16.7. The smallest absolute Gasteiger partial charge is 0.119 e. The second kappa shape index (κ2) is 7.39. The second-order valence-corrected chi connectivity index (χ2v) is 4.97. The maximum absolute atomic E-state index is 5.60. The lowest BCUT2D eigenvalue weighted by Crippen LogP contribution is -2.28. The molecule has 100 valence electrons. The molecule has 1 aromatic carbocycles. The van der Waals surface area contributed by atoms with Crippen LogP contribution in [0.4, 0.5) is 0 Å². The maximum Gasteiger partial charge on any atom is 0.119 e. The number of ether oxygens (including phenoxy) is 1. The van der Waals surface area contributed by atoms with Gasteiger partial charge in [-0.3, -0.25) is 4.90 Å². The van der Waals surface area contributed by atoms with E-state index in [1.54, 1.807) is 0 Å². The summed E-state index contributed by atoms with van der Waals surface area (Å²) in [6.45, 7) is 4.96. The molecule has 0 spiro atoms. The van der Waals surface area contributed by atoms with Crippen molar-refractivity contribution in [2.75, 3.05) is 26.2 Å². The average Bonchev–Trinajstić information content (AvgIpc) is 2.42. The monoisotopic (exact) mass is 248 g/mol. The minimum Gasteiger partial charge on any atom is -0.494 e. The van der Waals surface area contributed by atoms with Gasteiger partial charge in [0.2, 0.25) is 0 Å². The van der Waals surface area contributed by atoms with E-state index < -0.39 is 0 Å². The first-order valence-electron chi connectivity index (χ1n) is 7.02. The van der Waals surface area contributed by atoms with Crippen molar-refractivity contribution in [3.8, 4) is 5.75 Å². The fourth-order valence-electron chi connectivity index (χ4n) is 2.34. The summed E-state index contributed by atoms with van der Waals surface area (Å²) in [5, 5.41) is 0. The van der Waals surface area contributed by atoms with Gasteiger partial charge in [0.15, 0.2) is 0 Å². The van der Waals surface area contributed by atoms with E-state index >= 15 is 0 Å². The fraction of sp³-hybridized carbons (Fsp3) is 0.600. The largest absolute Gasteiger partial charge is 0.494 e. The van der Waals surface area contributed by atoms with Gasteiger partial charge in [-0.15, -0.1) is 0 Å². The third-order valence-electron chi connectivity index (χ3n) is 3.40. The van der Waals surface area contributed by atoms with Gasteiger partial charge in [0, 0.05) is 6.54 Å². The van der Waals surface area contributed by atoms with Gasteiger partial charge in [-0.2, -0.15) is 0 Å². The Morgan fingerprint density at radius 1 is 1.06 bits per heavy atom. The van der Waals surface area contributed by atoms with E-state index in [-0.39, 0.29) is 0 Å². The summed E-state index contributed by atoms with van der Waals surface area (Å²) < 4.78 is 5.60. The highest BCUT2D eigenvalue weighted by Crippen LogP contribution is 2.16. The molecule has 0 bridgehead atoms. The first kappa shape index (κ1) is 13.4. The summed E-state index contributed by atoms with van der Waals surface area (Å²) >= 11 is 0. The predicted octanol–water partition coefficient (Wildman–Crippen LogP) is 2.40. The lowest BCUT2D eigenvalue weighted by atomic mass is 10.1. The van der Waals surface area contributed by atoms with Gasteiger partial charge in [-0.1, -0.05) is 18.6 Å². The summed E-state index contributed by atoms with van der Waals surface area (Å²) in [5.74, 6) is 0.950. The highest BCUT2D eigenvalue weighted by molar-refractivity contribution is 5.27. The second-order valence-electron chi connectivity index (χ2n) is 4.97. The number of likely N-dealkylation sites (tertiary alicyclic amines) is 1. The van der Waals surface area contributed by atoms with E-state index in [4.69, 9.17) is 10.5 Å². The quantitative estimate of drug-likeness (QED) is 0.786. The van der Waals surface area contributed by atoms with Crippen molar-refractivity contribution in [3.63, 3.8) is 0 Å². The van der Waals surface area contributed by atoms with Crippen LogP contribution >= 0.6 is 0 Å². The molecule has 0 saturated carbocycles. The van der Waals surface area contributed by atoms with Crippen LogP contribution in [0, 0.1) is 0 Å². The first-order chi connectivity index (χ1) is 8.88. The van der Waals surface area contributed by atoms with Gasteiger partial charge < -0.3 is 10.5 Å². The molecule has 0 unspecified atom stereocenters. The van der Waals surface area contributed by atoms with Crippen LogP contribution in [0.25, 0.3) is 0 Å². The molecule has 0 radical (unpaired) electrons. The number of hydrogen-bond acceptors (Lipinski definition) is 3. The molecule has 3 heteroatoms. The number of nitrogens with two attached hydrogens (primary N) is 1. The lowest BCUT2D eigenvalue weighted by Gasteiger charge is -2.26. The Morgan fingerprint density at radius 3 is 2.44 bits per heavy atom. The molecule has 1 aromatic rings. The first-order valence-corrected chi connectivity index (χ1v) is 7.02. The average molecular weight is 248 g/mol. The van der Waals surface area contributed by atoms with Crippen LogP contribution in [-0.2, 0) is 6.54 Å². The van der Waals surface area contributed by atoms with Crippen molar-refractivity contribution in [1.82, 2.24) is 4.90 Å². The van der Waals surface area contributed by atoms with Crippen molar-refractivity contribution in [2.45, 2.75) is 32.2 Å². The number of nitrogens with zero attached hydrogens (tertiary/aromatic N) is 1. The fourth-order valence-corrected chi connectivity index (χ4v) is 2.34. The van der Waals surface area contributed by atoms with Crippen LogP contribution in [-0.4, -0.2) is 31.1 Å². The lowest BCUT2D eigenvalue weighted by molar-refractivity contribution is 0.221. The van der Waals surface area contributed by atoms with E-state index in [9.17, 15) is 0 Å². The minimum atomic E-state index is 0.688. The zero-order valence-corrected chi connectivity index (χ0v) is 11.1. The standard InChI is InChI=1S/C15H24N2O/c16-9-4-12-18-15-7-5-14(6-8-15)13-17-10-2-1-3-11-17/h5-8H,1-4,9-13,16H2. The van der Waals surface area contributed by atoms with Crippen LogP contribution < -0.4 is 10.5 Å². The molecule has 1 aliphatic rings. The van der Waals surface area contributed by atoms with Gasteiger partial charge in [0.25, 0.3) is 0 Å². The Kier molecular flexibility index (Phi) is 5.49. The summed E-state index contributed by atoms with van der Waals surface area (Å²) in [6, 6.07) is 8.48. The van der Waals surface area contributed by atoms with Gasteiger partial charge >= 0.3 is 0 Å². The Morgan fingerprint density at radius 2 is 1.78 bits per heavy atom. The Bertz CT molecular complexity index is 331. The van der Waals surface area contributed by atoms with Crippen molar-refractivity contribution >= 4 is 0 Å². The third kappa shape index (κ3) is 4.31. The topological polar surface area (TPSA) is 38.5 Å². The van der Waals surface area contributed by atoms with Crippen LogP contribution in [0.2, 0.25) is 0 Å². The molecule has 1 heterocycles. The minimum absolute atomic E-state index is 0.688. The number of hydrogen-bond donors (Lipinski definition) is 1. The summed E-state index contributed by atoms with van der Waals surface area (Å²) in [4.78, 5) is 2.54. The Balaban J connectivity index is 1.79. The molecular weight excluding hydrogens is 224 g/mol. The van der Waals surface area contributed by atoms with Crippen molar-refractivity contribution in [3.05, 3.63) is 29.8 Å². The summed E-state index contributed by atoms with van der Waals surface area (Å²) in [5.41, 5.74) is 6.81. The molecule has 1 aliphatic heterocycles. The molecule has 0 amide bonds. The van der Waals surface area contributed by atoms with Crippen molar-refractivity contribution < 1.29 is 4.74 Å². The van der Waals surface area contributed by atoms with Gasteiger partial charge in [0.1, 0.15) is 5.75 Å². The Labute approximate surface area is 110 Å². The summed E-state index contributed by atoms with van der Waals surface area (Å²) in [7, 11) is 0. The van der Waals surface area contributed by atoms with Gasteiger partial charge in [-0.25, -0.2) is 0 Å². The molecule has 18 heavy (non-hydrogen) atoms. The van der Waals surface area contributed by atoms with Gasteiger partial charge in [-0.05, 0) is 56.6 Å². The third-order valence-corrected chi connectivity index (χ3v) is 3.40. The van der Waals surface area contributed by atoms with Crippen molar-refractivity contribution in [1.29, 1.82) is 0 Å². The molecule has 0 aliphatic carbocycles. The Hall–Kier alpha value is -1.06. The predicted molar refractivity (Wildman–Crippen MR) is 74.7 cm³/mol. The van der Waals surface area contributed by atoms with E-state index in [2.05, 4.69) is 29.2 Å².